The molecule has 3 aromatic carbocycles. The summed E-state index contributed by atoms with van der Waals surface area (Å²) >= 11 is 0. The molecule has 0 atom stereocenters. The second kappa shape index (κ2) is 12.9. The van der Waals surface area contributed by atoms with Gasteiger partial charge in [-0.2, -0.15) is 0 Å². The van der Waals surface area contributed by atoms with Crippen molar-refractivity contribution in [3.05, 3.63) is 80.9 Å². The molecule has 0 fully saturated rings. The van der Waals surface area contributed by atoms with E-state index in [4.69, 9.17) is 5.73 Å². The fourth-order valence-corrected chi connectivity index (χ4v) is 8.72. The Hall–Kier alpha value is -4.43. The van der Waals surface area contributed by atoms with Crippen molar-refractivity contribution in [2.45, 2.75) is 49.3 Å². The number of nitro groups is 1. The van der Waals surface area contributed by atoms with E-state index in [1.54, 1.807) is 6.07 Å². The molecule has 4 aromatic rings. The number of unbranched alkanes of at least 4 members (excludes halogenated alkanes) is 1. The summed E-state index contributed by atoms with van der Waals surface area (Å²) in [6.07, 6.45) is 1.92. The summed E-state index contributed by atoms with van der Waals surface area (Å²) in [6.45, 7) is 4.19. The van der Waals surface area contributed by atoms with Crippen LogP contribution in [0.5, 0.6) is 0 Å². The number of hydrogen-bond acceptors (Lipinski definition) is 8. The lowest BCUT2D eigenvalue weighted by atomic mass is 9.99. The fraction of sp³-hybridized carbons (Fsp3) is 0.323. The summed E-state index contributed by atoms with van der Waals surface area (Å²) in [5, 5.41) is 22.2. The van der Waals surface area contributed by atoms with E-state index in [-0.39, 0.29) is 42.2 Å². The first kappa shape index (κ1) is 33.5. The molecule has 0 aliphatic carbocycles. The maximum absolute atomic E-state index is 12.6. The number of anilines is 1. The lowest BCUT2D eigenvalue weighted by Gasteiger charge is -2.20. The molecule has 0 radical (unpaired) electrons. The number of carbonyl (C=O) groups is 1. The molecule has 0 aliphatic rings. The third-order valence-electron chi connectivity index (χ3n) is 7.60. The second-order valence-electron chi connectivity index (χ2n) is 11.3. The van der Waals surface area contributed by atoms with Crippen molar-refractivity contribution >= 4 is 48.0 Å². The summed E-state index contributed by atoms with van der Waals surface area (Å²) < 4.78 is 49.9. The number of nitrogens with two attached hydrogens (primary N) is 1. The molecule has 0 aliphatic heterocycles. The third kappa shape index (κ3) is 7.63. The highest BCUT2D eigenvalue weighted by molar-refractivity contribution is 7.94. The largest absolute Gasteiger partial charge is 0.465 e. The zero-order valence-electron chi connectivity index (χ0n) is 25.5. The second-order valence-corrected chi connectivity index (χ2v) is 15.2. The molecule has 1 amide bonds. The van der Waals surface area contributed by atoms with Gasteiger partial charge in [0.05, 0.1) is 15.5 Å². The molecular weight excluding hydrogens is 620 g/mol. The van der Waals surface area contributed by atoms with Crippen LogP contribution in [0.3, 0.4) is 0 Å². The molecule has 0 bridgehead atoms. The van der Waals surface area contributed by atoms with Gasteiger partial charge in [0.15, 0.2) is 19.7 Å². The number of hydrogen-bond donors (Lipinski definition) is 3. The van der Waals surface area contributed by atoms with Gasteiger partial charge in [-0.1, -0.05) is 23.3 Å². The molecule has 0 saturated carbocycles. The van der Waals surface area contributed by atoms with Crippen molar-refractivity contribution in [1.82, 2.24) is 9.88 Å². The van der Waals surface area contributed by atoms with Crippen molar-refractivity contribution in [2.75, 3.05) is 31.3 Å². The summed E-state index contributed by atoms with van der Waals surface area (Å²) in [5.41, 5.74) is 11.1. The summed E-state index contributed by atoms with van der Waals surface area (Å²) in [6, 6.07) is 13.5. The van der Waals surface area contributed by atoms with E-state index in [0.29, 0.717) is 29.3 Å². The van der Waals surface area contributed by atoms with E-state index >= 15 is 0 Å². The molecule has 45 heavy (non-hydrogen) atoms. The summed E-state index contributed by atoms with van der Waals surface area (Å²) in [5.74, 6) is 0. The number of nitrogens with one attached hydrogen (secondary N) is 1. The molecule has 0 saturated heterocycles. The predicted molar refractivity (Wildman–Crippen MR) is 173 cm³/mol. The Labute approximate surface area is 261 Å². The number of nitrogen functional groups attached to an aromatic ring is 1. The number of aryl methyl sites for hydroxylation is 3. The molecule has 0 spiro atoms. The minimum atomic E-state index is -3.94. The van der Waals surface area contributed by atoms with Crippen LogP contribution < -0.4 is 5.73 Å². The Morgan fingerprint density at radius 1 is 0.911 bits per heavy atom. The van der Waals surface area contributed by atoms with E-state index in [9.17, 15) is 36.9 Å². The number of amides is 1. The number of aromatic nitrogens is 1. The summed E-state index contributed by atoms with van der Waals surface area (Å²) in [7, 11) is -7.87. The van der Waals surface area contributed by atoms with Crippen molar-refractivity contribution in [3.63, 3.8) is 0 Å². The Morgan fingerprint density at radius 2 is 1.56 bits per heavy atom. The molecule has 12 nitrogen and oxygen atoms in total. The van der Waals surface area contributed by atoms with Crippen LogP contribution in [0, 0.1) is 24.0 Å². The third-order valence-corrected chi connectivity index (χ3v) is 10.1. The van der Waals surface area contributed by atoms with E-state index in [0.717, 1.165) is 40.5 Å². The highest BCUT2D eigenvalue weighted by Gasteiger charge is 2.27. The van der Waals surface area contributed by atoms with Gasteiger partial charge in [0.25, 0.3) is 5.69 Å². The standard InChI is InChI=1S/C31H36N4O8S2/c1-19-15-20(2)17-22(16-19)28-24(25-18-23(35(38)39)9-11-27(25)33-28)12-14-34(31(36)37)13-6-5-7-21-8-10-26(32)30(45(4,42)43)29(21)44(3,40)41/h8-11,15-18,33H,5-7,12-14,32H2,1-4H3,(H,36,37). The average Bonchev–Trinajstić information content (AvgIpc) is 3.29. The first-order valence-corrected chi connectivity index (χ1v) is 17.9. The first-order chi connectivity index (χ1) is 21.0. The van der Waals surface area contributed by atoms with Gasteiger partial charge in [0.2, 0.25) is 0 Å². The molecule has 240 valence electrons. The van der Waals surface area contributed by atoms with Gasteiger partial charge < -0.3 is 20.7 Å². The number of benzene rings is 3. The van der Waals surface area contributed by atoms with E-state index in [1.165, 1.54) is 29.2 Å². The SMILES string of the molecule is Cc1cc(C)cc(-c2[nH]c3ccc([N+](=O)[O-])cc3c2CCN(CCCCc2ccc(N)c(S(C)(=O)=O)c2S(C)(=O)=O)C(=O)O)c1. The van der Waals surface area contributed by atoms with Gasteiger partial charge >= 0.3 is 6.09 Å². The Kier molecular flexibility index (Phi) is 9.59. The van der Waals surface area contributed by atoms with Crippen LogP contribution >= 0.6 is 0 Å². The van der Waals surface area contributed by atoms with Crippen LogP contribution in [0.1, 0.15) is 35.1 Å². The van der Waals surface area contributed by atoms with Crippen molar-refractivity contribution in [1.29, 1.82) is 0 Å². The van der Waals surface area contributed by atoms with Crippen LogP contribution in [0.25, 0.3) is 22.2 Å². The topological polar surface area (TPSA) is 194 Å². The van der Waals surface area contributed by atoms with E-state index in [1.807, 2.05) is 32.0 Å². The predicted octanol–water partition coefficient (Wildman–Crippen LogP) is 5.29. The van der Waals surface area contributed by atoms with Gasteiger partial charge in [0, 0.05) is 54.3 Å². The van der Waals surface area contributed by atoms with Crippen molar-refractivity contribution in [3.8, 4) is 11.3 Å². The minimum absolute atomic E-state index is 0.0695. The Morgan fingerprint density at radius 3 is 2.13 bits per heavy atom. The molecular formula is C31H36N4O8S2. The smallest absolute Gasteiger partial charge is 0.407 e. The molecule has 0 unspecified atom stereocenters. The monoisotopic (exact) mass is 656 g/mol. The number of aromatic amines is 1. The number of H-pyrrole nitrogens is 1. The van der Waals surface area contributed by atoms with Gasteiger partial charge in [-0.15, -0.1) is 0 Å². The highest BCUT2D eigenvalue weighted by atomic mass is 32.2. The molecule has 4 rings (SSSR count). The summed E-state index contributed by atoms with van der Waals surface area (Å²) in [4.78, 5) is 27.2. The maximum Gasteiger partial charge on any atom is 0.407 e. The number of nitro benzene ring substituents is 1. The van der Waals surface area contributed by atoms with Crippen LogP contribution in [0.15, 0.2) is 58.3 Å². The minimum Gasteiger partial charge on any atom is -0.465 e. The van der Waals surface area contributed by atoms with Crippen molar-refractivity contribution < 1.29 is 31.7 Å². The maximum atomic E-state index is 12.6. The van der Waals surface area contributed by atoms with Crippen LogP contribution in [0.2, 0.25) is 0 Å². The lowest BCUT2D eigenvalue weighted by Crippen LogP contribution is -2.32. The Balaban J connectivity index is 1.57. The van der Waals surface area contributed by atoms with Gasteiger partial charge in [0.1, 0.15) is 4.90 Å². The molecule has 14 heteroatoms. The zero-order valence-corrected chi connectivity index (χ0v) is 27.1. The van der Waals surface area contributed by atoms with E-state index < -0.39 is 35.6 Å². The highest BCUT2D eigenvalue weighted by Crippen LogP contribution is 2.34. The number of carboxylic acid groups (broad SMARTS) is 1. The lowest BCUT2D eigenvalue weighted by molar-refractivity contribution is -0.384. The van der Waals surface area contributed by atoms with Gasteiger partial charge in [-0.05, 0) is 80.5 Å². The number of rotatable bonds is 12. The zero-order chi connectivity index (χ0) is 33.3. The van der Waals surface area contributed by atoms with E-state index in [2.05, 4.69) is 4.98 Å². The number of non-ortho nitro benzene ring substituents is 1. The molecule has 4 N–H and O–H groups in total. The normalized spacial score (nSPS) is 12.0. The molecule has 1 aromatic heterocycles. The number of nitrogens with zero attached hydrogens (tertiary/aromatic N) is 2. The van der Waals surface area contributed by atoms with Crippen LogP contribution in [-0.4, -0.2) is 68.4 Å². The van der Waals surface area contributed by atoms with Crippen LogP contribution in [-0.2, 0) is 32.5 Å². The Bertz CT molecular complexity index is 2000. The quantitative estimate of drug-likeness (QED) is 0.0785. The van der Waals surface area contributed by atoms with Crippen LogP contribution in [0.4, 0.5) is 16.2 Å². The van der Waals surface area contributed by atoms with Gasteiger partial charge in [-0.25, -0.2) is 21.6 Å². The number of sulfone groups is 2. The average molecular weight is 657 g/mol. The van der Waals surface area contributed by atoms with Gasteiger partial charge in [-0.3, -0.25) is 10.1 Å². The first-order valence-electron chi connectivity index (χ1n) is 14.1. The fourth-order valence-electron chi connectivity index (χ4n) is 5.75. The van der Waals surface area contributed by atoms with Crippen molar-refractivity contribution in [2.24, 2.45) is 0 Å². The number of fused-ring (bicyclic) bond motifs is 1. The molecule has 1 heterocycles.